The third-order valence-electron chi connectivity index (χ3n) is 5.65. The van der Waals surface area contributed by atoms with Gasteiger partial charge in [0.2, 0.25) is 5.91 Å². The third kappa shape index (κ3) is 7.61. The first-order valence-electron chi connectivity index (χ1n) is 12.3. The largest absolute Gasteiger partial charge is 0.468 e. The Morgan fingerprint density at radius 2 is 1.24 bits per heavy atom. The standard InChI is InChI=1S/C30H34N2O5S/c1-29(2,3)37-28(35)32-25(27(34)31-20-26(33)36-4)21-38-30(22-14-8-5-9-15-22,23-16-10-6-11-17-23)24-18-12-7-13-19-24/h5-19,25H,20-21H2,1-4H3,(H,31,34)(H,32,35)/t25-/m0/s1. The number of carbonyl (C=O) groups excluding carboxylic acids is 3. The molecule has 0 saturated heterocycles. The topological polar surface area (TPSA) is 93.7 Å². The Hall–Kier alpha value is -3.78. The number of hydrogen-bond donors (Lipinski definition) is 2. The Morgan fingerprint density at radius 3 is 1.63 bits per heavy atom. The molecule has 200 valence electrons. The van der Waals surface area contributed by atoms with Gasteiger partial charge in [0.1, 0.15) is 18.2 Å². The fraction of sp³-hybridized carbons (Fsp3) is 0.300. The van der Waals surface area contributed by atoms with E-state index in [1.807, 2.05) is 54.6 Å². The number of benzene rings is 3. The highest BCUT2D eigenvalue weighted by molar-refractivity contribution is 8.00. The predicted molar refractivity (Wildman–Crippen MR) is 150 cm³/mol. The number of nitrogens with one attached hydrogen (secondary N) is 2. The summed E-state index contributed by atoms with van der Waals surface area (Å²) in [7, 11) is 1.24. The van der Waals surface area contributed by atoms with E-state index < -0.39 is 34.4 Å². The molecule has 3 rings (SSSR count). The number of rotatable bonds is 10. The molecule has 3 aromatic carbocycles. The van der Waals surface area contributed by atoms with Crippen LogP contribution in [0.25, 0.3) is 0 Å². The van der Waals surface area contributed by atoms with Crippen LogP contribution in [0.2, 0.25) is 0 Å². The molecule has 0 bridgehead atoms. The van der Waals surface area contributed by atoms with Crippen molar-refractivity contribution in [3.63, 3.8) is 0 Å². The highest BCUT2D eigenvalue weighted by Gasteiger charge is 2.38. The van der Waals surface area contributed by atoms with E-state index in [1.165, 1.54) is 18.9 Å². The molecule has 0 spiro atoms. The summed E-state index contributed by atoms with van der Waals surface area (Å²) in [5.74, 6) is -0.920. The predicted octanol–water partition coefficient (Wildman–Crippen LogP) is 4.89. The van der Waals surface area contributed by atoms with Crippen molar-refractivity contribution in [2.45, 2.75) is 37.2 Å². The van der Waals surface area contributed by atoms with Crippen LogP contribution in [-0.2, 0) is 23.8 Å². The lowest BCUT2D eigenvalue weighted by Gasteiger charge is -2.36. The zero-order valence-electron chi connectivity index (χ0n) is 22.1. The normalized spacial score (nSPS) is 12.2. The van der Waals surface area contributed by atoms with Crippen LogP contribution >= 0.6 is 11.8 Å². The minimum Gasteiger partial charge on any atom is -0.468 e. The molecule has 0 aliphatic rings. The van der Waals surface area contributed by atoms with Gasteiger partial charge in [0.05, 0.1) is 11.9 Å². The van der Waals surface area contributed by atoms with Crippen molar-refractivity contribution >= 4 is 29.7 Å². The maximum atomic E-state index is 13.2. The van der Waals surface area contributed by atoms with E-state index in [2.05, 4.69) is 51.8 Å². The molecular formula is C30H34N2O5S. The summed E-state index contributed by atoms with van der Waals surface area (Å²) >= 11 is 1.52. The molecular weight excluding hydrogens is 500 g/mol. The second-order valence-electron chi connectivity index (χ2n) is 9.58. The first-order chi connectivity index (χ1) is 18.2. The van der Waals surface area contributed by atoms with Gasteiger partial charge in [-0.25, -0.2) is 4.79 Å². The molecule has 0 aliphatic carbocycles. The van der Waals surface area contributed by atoms with E-state index in [0.29, 0.717) is 0 Å². The quantitative estimate of drug-likeness (QED) is 0.284. The van der Waals surface area contributed by atoms with Crippen LogP contribution in [0.4, 0.5) is 4.79 Å². The van der Waals surface area contributed by atoms with Crippen molar-refractivity contribution in [3.05, 3.63) is 108 Å². The third-order valence-corrected chi connectivity index (χ3v) is 7.29. The van der Waals surface area contributed by atoms with Gasteiger partial charge in [-0.05, 0) is 37.5 Å². The van der Waals surface area contributed by atoms with Crippen LogP contribution in [0.1, 0.15) is 37.5 Å². The van der Waals surface area contributed by atoms with E-state index in [0.717, 1.165) is 16.7 Å². The zero-order valence-corrected chi connectivity index (χ0v) is 22.9. The Balaban J connectivity index is 2.02. The lowest BCUT2D eigenvalue weighted by atomic mass is 9.84. The summed E-state index contributed by atoms with van der Waals surface area (Å²) in [6.45, 7) is 4.93. The first-order valence-corrected chi connectivity index (χ1v) is 13.3. The van der Waals surface area contributed by atoms with Crippen LogP contribution in [0.15, 0.2) is 91.0 Å². The van der Waals surface area contributed by atoms with Gasteiger partial charge in [-0.2, -0.15) is 0 Å². The number of hydrogen-bond acceptors (Lipinski definition) is 6. The first kappa shape index (κ1) is 28.8. The average molecular weight is 535 g/mol. The molecule has 0 unspecified atom stereocenters. The van der Waals surface area contributed by atoms with Crippen molar-refractivity contribution in [2.24, 2.45) is 0 Å². The molecule has 1 atom stereocenters. The zero-order chi connectivity index (χ0) is 27.6. The Kier molecular flexibility index (Phi) is 9.96. The number of ether oxygens (including phenoxy) is 2. The van der Waals surface area contributed by atoms with Crippen molar-refractivity contribution in [1.29, 1.82) is 0 Å². The molecule has 38 heavy (non-hydrogen) atoms. The second kappa shape index (κ2) is 13.1. The number of alkyl carbamates (subject to hydrolysis) is 1. The summed E-state index contributed by atoms with van der Waals surface area (Å²) in [6, 6.07) is 29.1. The van der Waals surface area contributed by atoms with E-state index in [4.69, 9.17) is 4.74 Å². The Bertz CT molecular complexity index is 1100. The van der Waals surface area contributed by atoms with Crippen LogP contribution in [0.5, 0.6) is 0 Å². The molecule has 8 heteroatoms. The van der Waals surface area contributed by atoms with Gasteiger partial charge in [0.25, 0.3) is 0 Å². The lowest BCUT2D eigenvalue weighted by Crippen LogP contribution is -2.51. The van der Waals surface area contributed by atoms with Gasteiger partial charge < -0.3 is 20.1 Å². The summed E-state index contributed by atoms with van der Waals surface area (Å²) in [5.41, 5.74) is 2.32. The van der Waals surface area contributed by atoms with Gasteiger partial charge in [0, 0.05) is 5.75 Å². The Morgan fingerprint density at radius 1 is 0.789 bits per heavy atom. The van der Waals surface area contributed by atoms with Gasteiger partial charge in [-0.1, -0.05) is 91.0 Å². The van der Waals surface area contributed by atoms with Gasteiger partial charge in [-0.15, -0.1) is 11.8 Å². The van der Waals surface area contributed by atoms with Crippen molar-refractivity contribution in [2.75, 3.05) is 19.4 Å². The van der Waals surface area contributed by atoms with E-state index in [9.17, 15) is 14.4 Å². The highest BCUT2D eigenvalue weighted by Crippen LogP contribution is 2.48. The number of amides is 2. The summed E-state index contributed by atoms with van der Waals surface area (Å²) in [4.78, 5) is 37.5. The van der Waals surface area contributed by atoms with Crippen LogP contribution in [0, 0.1) is 0 Å². The number of methoxy groups -OCH3 is 1. The van der Waals surface area contributed by atoms with Gasteiger partial charge in [-0.3, -0.25) is 9.59 Å². The van der Waals surface area contributed by atoms with Crippen LogP contribution in [-0.4, -0.2) is 49.0 Å². The number of esters is 1. The molecule has 3 aromatic rings. The van der Waals surface area contributed by atoms with Gasteiger partial charge >= 0.3 is 12.1 Å². The molecule has 0 aliphatic heterocycles. The van der Waals surface area contributed by atoms with Crippen molar-refractivity contribution < 1.29 is 23.9 Å². The maximum Gasteiger partial charge on any atom is 0.408 e. The molecule has 0 fully saturated rings. The minimum absolute atomic E-state index is 0.185. The van der Waals surface area contributed by atoms with E-state index in [-0.39, 0.29) is 12.3 Å². The van der Waals surface area contributed by atoms with Crippen LogP contribution in [0.3, 0.4) is 0 Å². The average Bonchev–Trinajstić information content (AvgIpc) is 2.92. The smallest absolute Gasteiger partial charge is 0.408 e. The molecule has 0 aromatic heterocycles. The molecule has 0 radical (unpaired) electrons. The number of thioether (sulfide) groups is 1. The molecule has 0 saturated carbocycles. The minimum atomic E-state index is -0.991. The van der Waals surface area contributed by atoms with Crippen LogP contribution < -0.4 is 10.6 Å². The molecule has 2 amide bonds. The highest BCUT2D eigenvalue weighted by atomic mass is 32.2. The number of carbonyl (C=O) groups is 3. The van der Waals surface area contributed by atoms with E-state index >= 15 is 0 Å². The lowest BCUT2D eigenvalue weighted by molar-refractivity contribution is -0.141. The SMILES string of the molecule is COC(=O)CNC(=O)[C@H](CSC(c1ccccc1)(c1ccccc1)c1ccccc1)NC(=O)OC(C)(C)C. The fourth-order valence-corrected chi connectivity index (χ4v) is 5.52. The summed E-state index contributed by atoms with van der Waals surface area (Å²) in [6.07, 6.45) is -0.721. The second-order valence-corrected chi connectivity index (χ2v) is 10.8. The molecule has 2 N–H and O–H groups in total. The Labute approximate surface area is 228 Å². The van der Waals surface area contributed by atoms with Crippen molar-refractivity contribution in [1.82, 2.24) is 10.6 Å². The monoisotopic (exact) mass is 534 g/mol. The van der Waals surface area contributed by atoms with Gasteiger partial charge in [0.15, 0.2) is 0 Å². The van der Waals surface area contributed by atoms with Crippen molar-refractivity contribution in [3.8, 4) is 0 Å². The summed E-state index contributed by atoms with van der Waals surface area (Å²) in [5, 5.41) is 5.26. The van der Waals surface area contributed by atoms with E-state index in [1.54, 1.807) is 20.8 Å². The summed E-state index contributed by atoms with van der Waals surface area (Å²) < 4.78 is 9.37. The fourth-order valence-electron chi connectivity index (χ4n) is 3.96. The molecule has 0 heterocycles. The maximum absolute atomic E-state index is 13.2. The molecule has 7 nitrogen and oxygen atoms in total.